The zero-order valence-corrected chi connectivity index (χ0v) is 14.4. The van der Waals surface area contributed by atoms with Crippen LogP contribution in [0.15, 0.2) is 0 Å². The molecule has 0 aromatic carbocycles. The maximum atomic E-state index is 10.4. The lowest BCUT2D eigenvalue weighted by Crippen LogP contribution is -2.57. The van der Waals surface area contributed by atoms with Crippen LogP contribution < -0.4 is 0 Å². The van der Waals surface area contributed by atoms with Crippen LogP contribution in [0.4, 0.5) is 0 Å². The number of aliphatic hydroxyl groups excluding tert-OH is 5. The van der Waals surface area contributed by atoms with Crippen molar-refractivity contribution in [3.63, 3.8) is 0 Å². The monoisotopic (exact) mass is 368 g/mol. The number of methoxy groups -OCH3 is 2. The van der Waals surface area contributed by atoms with E-state index in [9.17, 15) is 25.5 Å². The Morgan fingerprint density at radius 1 is 1.08 bits per heavy atom. The van der Waals surface area contributed by atoms with E-state index in [1.165, 1.54) is 14.2 Å². The summed E-state index contributed by atoms with van der Waals surface area (Å²) in [4.78, 5) is 0. The SMILES string of the molecule is COCC1O[C@@H](OC2(CO)OC(CO)C(CO)C2O)C(O)C[C@H]1OC. The van der Waals surface area contributed by atoms with Gasteiger partial charge in [0.2, 0.25) is 5.79 Å². The van der Waals surface area contributed by atoms with E-state index in [1.54, 1.807) is 0 Å². The molecule has 2 aliphatic heterocycles. The van der Waals surface area contributed by atoms with Gasteiger partial charge in [0.05, 0.1) is 32.0 Å². The zero-order chi connectivity index (χ0) is 18.6. The van der Waals surface area contributed by atoms with Gasteiger partial charge >= 0.3 is 0 Å². The minimum atomic E-state index is -1.93. The van der Waals surface area contributed by atoms with E-state index in [4.69, 9.17) is 23.7 Å². The Hall–Kier alpha value is -0.400. The number of rotatable bonds is 8. The van der Waals surface area contributed by atoms with Crippen molar-refractivity contribution >= 4 is 0 Å². The third-order valence-electron chi connectivity index (χ3n) is 4.76. The van der Waals surface area contributed by atoms with Crippen molar-refractivity contribution < 1.29 is 49.2 Å². The summed E-state index contributed by atoms with van der Waals surface area (Å²) >= 11 is 0. The van der Waals surface area contributed by atoms with Gasteiger partial charge in [0.1, 0.15) is 24.9 Å². The molecule has 25 heavy (non-hydrogen) atoms. The molecular weight excluding hydrogens is 340 g/mol. The summed E-state index contributed by atoms with van der Waals surface area (Å²) < 4.78 is 27.1. The van der Waals surface area contributed by atoms with Crippen molar-refractivity contribution in [1.82, 2.24) is 0 Å². The second-order valence-electron chi connectivity index (χ2n) is 6.29. The average Bonchev–Trinajstić information content (AvgIpc) is 2.89. The summed E-state index contributed by atoms with van der Waals surface area (Å²) in [6.07, 6.45) is -5.40. The second-order valence-corrected chi connectivity index (χ2v) is 6.29. The van der Waals surface area contributed by atoms with Crippen molar-refractivity contribution in [1.29, 1.82) is 0 Å². The molecule has 5 N–H and O–H groups in total. The summed E-state index contributed by atoms with van der Waals surface area (Å²) in [6, 6.07) is 0. The van der Waals surface area contributed by atoms with Crippen molar-refractivity contribution in [3.8, 4) is 0 Å². The topological polar surface area (TPSA) is 147 Å². The van der Waals surface area contributed by atoms with Crippen molar-refractivity contribution in [2.75, 3.05) is 40.6 Å². The van der Waals surface area contributed by atoms with Crippen LogP contribution >= 0.6 is 0 Å². The van der Waals surface area contributed by atoms with Crippen molar-refractivity contribution in [3.05, 3.63) is 0 Å². The van der Waals surface area contributed by atoms with Crippen LogP contribution in [0.1, 0.15) is 6.42 Å². The fourth-order valence-electron chi connectivity index (χ4n) is 3.31. The van der Waals surface area contributed by atoms with Gasteiger partial charge in [0, 0.05) is 26.6 Å². The Bertz CT molecular complexity index is 410. The molecule has 10 nitrogen and oxygen atoms in total. The molecule has 10 heteroatoms. The summed E-state index contributed by atoms with van der Waals surface area (Å²) in [5.74, 6) is -2.77. The second kappa shape index (κ2) is 9.00. The van der Waals surface area contributed by atoms with Gasteiger partial charge in [-0.2, -0.15) is 0 Å². The molecule has 0 radical (unpaired) electrons. The molecule has 8 atom stereocenters. The molecule has 2 saturated heterocycles. The van der Waals surface area contributed by atoms with E-state index in [0.29, 0.717) is 0 Å². The van der Waals surface area contributed by atoms with E-state index in [0.717, 1.165) is 0 Å². The van der Waals surface area contributed by atoms with Crippen LogP contribution in [0.2, 0.25) is 0 Å². The lowest BCUT2D eigenvalue weighted by Gasteiger charge is -2.42. The lowest BCUT2D eigenvalue weighted by atomic mass is 9.95. The molecule has 2 heterocycles. The number of hydrogen-bond acceptors (Lipinski definition) is 10. The summed E-state index contributed by atoms with van der Waals surface area (Å²) in [6.45, 7) is -1.50. The Balaban J connectivity index is 2.14. The molecule has 0 aromatic rings. The van der Waals surface area contributed by atoms with Crippen LogP contribution in [0.25, 0.3) is 0 Å². The molecule has 0 bridgehead atoms. The summed E-state index contributed by atoms with van der Waals surface area (Å²) in [5.41, 5.74) is 0. The molecule has 0 aromatic heterocycles. The first kappa shape index (κ1) is 20.9. The van der Waals surface area contributed by atoms with E-state index < -0.39 is 68.3 Å². The first-order valence-electron chi connectivity index (χ1n) is 8.17. The largest absolute Gasteiger partial charge is 0.396 e. The van der Waals surface area contributed by atoms with Gasteiger partial charge in [-0.3, -0.25) is 0 Å². The fraction of sp³-hybridized carbons (Fsp3) is 1.00. The lowest BCUT2D eigenvalue weighted by molar-refractivity contribution is -0.373. The quantitative estimate of drug-likeness (QED) is 0.304. The molecule has 6 unspecified atom stereocenters. The highest BCUT2D eigenvalue weighted by Gasteiger charge is 2.57. The molecular formula is C15H28O10. The van der Waals surface area contributed by atoms with Crippen LogP contribution in [0.3, 0.4) is 0 Å². The van der Waals surface area contributed by atoms with Gasteiger partial charge in [-0.15, -0.1) is 0 Å². The predicted octanol–water partition coefficient (Wildman–Crippen LogP) is -2.81. The minimum Gasteiger partial charge on any atom is -0.396 e. The van der Waals surface area contributed by atoms with Crippen molar-refractivity contribution in [2.45, 2.75) is 49.0 Å². The molecule has 2 aliphatic rings. The minimum absolute atomic E-state index is 0.194. The maximum Gasteiger partial charge on any atom is 0.221 e. The van der Waals surface area contributed by atoms with Crippen LogP contribution in [0.5, 0.6) is 0 Å². The van der Waals surface area contributed by atoms with Crippen LogP contribution in [-0.2, 0) is 23.7 Å². The van der Waals surface area contributed by atoms with Gasteiger partial charge in [-0.05, 0) is 0 Å². The van der Waals surface area contributed by atoms with Gasteiger partial charge in [0.25, 0.3) is 0 Å². The van der Waals surface area contributed by atoms with Gasteiger partial charge in [-0.25, -0.2) is 0 Å². The summed E-state index contributed by atoms with van der Waals surface area (Å²) in [7, 11) is 2.98. The highest BCUT2D eigenvalue weighted by molar-refractivity contribution is 4.97. The highest BCUT2D eigenvalue weighted by atomic mass is 16.8. The fourth-order valence-corrected chi connectivity index (χ4v) is 3.31. The third kappa shape index (κ3) is 4.14. The molecule has 2 rings (SSSR count). The molecule has 0 aliphatic carbocycles. The van der Waals surface area contributed by atoms with Crippen LogP contribution in [0, 0.1) is 5.92 Å². The standard InChI is InChI=1S/C15H28O10/c1-21-6-12-10(22-2)3-9(19)14(23-12)25-15(7-18)13(20)8(4-16)11(5-17)24-15/h8-14,16-20H,3-7H2,1-2H3/t8?,9?,10-,11?,12?,13?,14+,15?/m1/s1. The first-order valence-corrected chi connectivity index (χ1v) is 8.17. The third-order valence-corrected chi connectivity index (χ3v) is 4.76. The number of hydrogen-bond donors (Lipinski definition) is 5. The summed E-state index contributed by atoms with van der Waals surface area (Å²) in [5, 5.41) is 49.2. The zero-order valence-electron chi connectivity index (χ0n) is 14.4. The van der Waals surface area contributed by atoms with Crippen LogP contribution in [-0.4, -0.2) is 109 Å². The first-order chi connectivity index (χ1) is 12.0. The van der Waals surface area contributed by atoms with E-state index in [-0.39, 0.29) is 13.0 Å². The van der Waals surface area contributed by atoms with Gasteiger partial charge in [0.15, 0.2) is 6.29 Å². The molecule has 0 amide bonds. The maximum absolute atomic E-state index is 10.4. The molecule has 148 valence electrons. The average molecular weight is 368 g/mol. The Labute approximate surface area is 145 Å². The molecule has 0 saturated carbocycles. The van der Waals surface area contributed by atoms with E-state index >= 15 is 0 Å². The predicted molar refractivity (Wildman–Crippen MR) is 81.4 cm³/mol. The van der Waals surface area contributed by atoms with E-state index in [2.05, 4.69) is 0 Å². The van der Waals surface area contributed by atoms with Gasteiger partial charge in [-0.1, -0.05) is 0 Å². The Kier molecular flexibility index (Phi) is 7.52. The van der Waals surface area contributed by atoms with E-state index in [1.807, 2.05) is 0 Å². The Morgan fingerprint density at radius 2 is 1.80 bits per heavy atom. The normalized spacial score (nSPS) is 45.0. The molecule has 2 fully saturated rings. The highest BCUT2D eigenvalue weighted by Crippen LogP contribution is 2.39. The number of ether oxygens (including phenoxy) is 5. The number of aliphatic hydroxyl groups is 5. The molecule has 0 spiro atoms. The van der Waals surface area contributed by atoms with Crippen molar-refractivity contribution in [2.24, 2.45) is 5.92 Å². The smallest absolute Gasteiger partial charge is 0.221 e. The Morgan fingerprint density at radius 3 is 2.28 bits per heavy atom. The van der Waals surface area contributed by atoms with Gasteiger partial charge < -0.3 is 49.2 Å².